The van der Waals surface area contributed by atoms with Crippen LogP contribution in [-0.4, -0.2) is 6.54 Å². The van der Waals surface area contributed by atoms with E-state index in [1.807, 2.05) is 0 Å². The van der Waals surface area contributed by atoms with Gasteiger partial charge in [-0.25, -0.2) is 0 Å². The lowest BCUT2D eigenvalue weighted by Gasteiger charge is -2.23. The molecule has 0 spiro atoms. The first-order valence-corrected chi connectivity index (χ1v) is 5.88. The van der Waals surface area contributed by atoms with E-state index in [0.717, 1.165) is 13.0 Å². The van der Waals surface area contributed by atoms with Crippen LogP contribution in [0.2, 0.25) is 0 Å². The van der Waals surface area contributed by atoms with Crippen molar-refractivity contribution in [2.45, 2.75) is 18.7 Å². The third-order valence-corrected chi connectivity index (χ3v) is 4.00. The Hall–Kier alpha value is 0.0400. The van der Waals surface area contributed by atoms with Gasteiger partial charge in [0.1, 0.15) is 0 Å². The van der Waals surface area contributed by atoms with Crippen molar-refractivity contribution in [3.8, 4) is 0 Å². The van der Waals surface area contributed by atoms with Gasteiger partial charge in [-0.1, -0.05) is 0 Å². The molecule has 0 aromatic heterocycles. The van der Waals surface area contributed by atoms with Gasteiger partial charge in [-0.05, 0) is 59.2 Å². The van der Waals surface area contributed by atoms with Crippen molar-refractivity contribution in [1.82, 2.24) is 0 Å². The van der Waals surface area contributed by atoms with Crippen LogP contribution in [0.25, 0.3) is 0 Å². The molecule has 0 fully saturated rings. The number of aryl methyl sites for hydroxylation is 1. The second-order valence-corrected chi connectivity index (χ2v) is 5.06. The van der Waals surface area contributed by atoms with E-state index in [2.05, 4.69) is 47.0 Å². The van der Waals surface area contributed by atoms with Crippen LogP contribution in [0, 0.1) is 10.5 Å². The largest absolute Gasteiger partial charge is 0.385 e. The molecule has 1 aromatic rings. The lowest BCUT2D eigenvalue weighted by atomic mass is 10.0. The van der Waals surface area contributed by atoms with Crippen LogP contribution in [0.5, 0.6) is 0 Å². The molecule has 1 aliphatic rings. The summed E-state index contributed by atoms with van der Waals surface area (Å²) in [6.07, 6.45) is 1.02. The van der Waals surface area contributed by atoms with Gasteiger partial charge in [-0.3, -0.25) is 0 Å². The molecule has 1 unspecified atom stereocenters. The number of halogens is 2. The Kier molecular flexibility index (Phi) is 2.70. The highest BCUT2D eigenvalue weighted by atomic mass is 127. The van der Waals surface area contributed by atoms with Gasteiger partial charge in [0.2, 0.25) is 0 Å². The highest BCUT2D eigenvalue weighted by Gasteiger charge is 2.18. The fraction of sp³-hybridized carbons (Fsp3) is 0.400. The van der Waals surface area contributed by atoms with Gasteiger partial charge in [0, 0.05) is 15.8 Å². The minimum atomic E-state index is 0.186. The van der Waals surface area contributed by atoms with E-state index >= 15 is 0 Å². The summed E-state index contributed by atoms with van der Waals surface area (Å²) < 4.78 is 1.30. The molecule has 3 heteroatoms. The number of alkyl halides is 1. The first-order valence-electron chi connectivity index (χ1n) is 4.36. The molecule has 1 aliphatic heterocycles. The van der Waals surface area contributed by atoms with Crippen LogP contribution in [0.3, 0.4) is 0 Å². The molecule has 0 radical (unpaired) electrons. The maximum Gasteiger partial charge on any atom is 0.0622 e. The fourth-order valence-corrected chi connectivity index (χ4v) is 2.38. The standard InChI is InChI=1S/C10H11ClIN/c1-6-4-10-7(5-9(6)12)8(11)2-3-13-10/h4-5,8,13H,2-3H2,1H3. The Morgan fingerprint density at radius 1 is 1.54 bits per heavy atom. The predicted molar refractivity (Wildman–Crippen MR) is 65.6 cm³/mol. The van der Waals surface area contributed by atoms with Crippen molar-refractivity contribution in [2.75, 3.05) is 11.9 Å². The van der Waals surface area contributed by atoms with E-state index in [1.165, 1.54) is 20.4 Å². The van der Waals surface area contributed by atoms with Crippen LogP contribution in [0.15, 0.2) is 12.1 Å². The minimum Gasteiger partial charge on any atom is -0.385 e. The van der Waals surface area contributed by atoms with Gasteiger partial charge >= 0.3 is 0 Å². The van der Waals surface area contributed by atoms with Crippen molar-refractivity contribution < 1.29 is 0 Å². The molecule has 0 saturated heterocycles. The maximum absolute atomic E-state index is 6.23. The molecule has 0 bridgehead atoms. The fourth-order valence-electron chi connectivity index (χ4n) is 1.60. The van der Waals surface area contributed by atoms with Gasteiger partial charge in [0.25, 0.3) is 0 Å². The average molecular weight is 308 g/mol. The first-order chi connectivity index (χ1) is 6.18. The zero-order chi connectivity index (χ0) is 9.42. The number of fused-ring (bicyclic) bond motifs is 1. The summed E-state index contributed by atoms with van der Waals surface area (Å²) >= 11 is 8.58. The highest BCUT2D eigenvalue weighted by molar-refractivity contribution is 14.1. The van der Waals surface area contributed by atoms with E-state index in [4.69, 9.17) is 11.6 Å². The van der Waals surface area contributed by atoms with Crippen LogP contribution >= 0.6 is 34.2 Å². The normalized spacial score (nSPS) is 20.7. The Morgan fingerprint density at radius 2 is 2.31 bits per heavy atom. The first kappa shape index (κ1) is 9.59. The molecular weight excluding hydrogens is 296 g/mol. The van der Waals surface area contributed by atoms with Crippen LogP contribution in [-0.2, 0) is 0 Å². The molecule has 13 heavy (non-hydrogen) atoms. The van der Waals surface area contributed by atoms with E-state index in [9.17, 15) is 0 Å². The lowest BCUT2D eigenvalue weighted by molar-refractivity contribution is 0.800. The van der Waals surface area contributed by atoms with Crippen molar-refractivity contribution >= 4 is 39.9 Å². The van der Waals surface area contributed by atoms with Crippen LogP contribution in [0.4, 0.5) is 5.69 Å². The number of benzene rings is 1. The molecule has 0 aliphatic carbocycles. The predicted octanol–water partition coefficient (Wildman–Crippen LogP) is 3.70. The van der Waals surface area contributed by atoms with Gasteiger partial charge in [0.05, 0.1) is 5.38 Å². The van der Waals surface area contributed by atoms with E-state index in [1.54, 1.807) is 0 Å². The summed E-state index contributed by atoms with van der Waals surface area (Å²) in [5.41, 5.74) is 3.78. The zero-order valence-corrected chi connectivity index (χ0v) is 10.3. The number of anilines is 1. The second-order valence-electron chi connectivity index (χ2n) is 3.37. The van der Waals surface area contributed by atoms with Crippen molar-refractivity contribution in [3.63, 3.8) is 0 Å². The maximum atomic E-state index is 6.23. The molecule has 0 amide bonds. The Balaban J connectivity index is 2.52. The Labute approximate surface area is 97.0 Å². The van der Waals surface area contributed by atoms with Crippen LogP contribution in [0.1, 0.15) is 22.9 Å². The van der Waals surface area contributed by atoms with Crippen molar-refractivity contribution in [3.05, 3.63) is 26.8 Å². The summed E-state index contributed by atoms with van der Waals surface area (Å²) in [5.74, 6) is 0. The van der Waals surface area contributed by atoms with Crippen molar-refractivity contribution in [2.24, 2.45) is 0 Å². The second kappa shape index (κ2) is 3.65. The van der Waals surface area contributed by atoms with Crippen molar-refractivity contribution in [1.29, 1.82) is 0 Å². The number of rotatable bonds is 0. The summed E-state index contributed by atoms with van der Waals surface area (Å²) in [7, 11) is 0. The summed E-state index contributed by atoms with van der Waals surface area (Å²) in [4.78, 5) is 0. The third kappa shape index (κ3) is 1.79. The van der Waals surface area contributed by atoms with Crippen LogP contribution < -0.4 is 5.32 Å². The Bertz CT molecular complexity index is 338. The molecule has 1 aromatic carbocycles. The lowest BCUT2D eigenvalue weighted by Crippen LogP contribution is -2.14. The molecule has 1 heterocycles. The topological polar surface area (TPSA) is 12.0 Å². The summed E-state index contributed by atoms with van der Waals surface area (Å²) in [6, 6.07) is 4.38. The van der Waals surface area contributed by atoms with E-state index in [-0.39, 0.29) is 5.38 Å². The van der Waals surface area contributed by atoms with Gasteiger partial charge in [-0.15, -0.1) is 11.6 Å². The van der Waals surface area contributed by atoms with E-state index in [0.29, 0.717) is 0 Å². The monoisotopic (exact) mass is 307 g/mol. The molecule has 1 N–H and O–H groups in total. The molecular formula is C10H11ClIN. The molecule has 1 nitrogen and oxygen atoms in total. The number of hydrogen-bond donors (Lipinski definition) is 1. The highest BCUT2D eigenvalue weighted by Crippen LogP contribution is 2.36. The zero-order valence-electron chi connectivity index (χ0n) is 7.40. The SMILES string of the molecule is Cc1cc2c(cc1I)C(Cl)CCN2. The number of hydrogen-bond acceptors (Lipinski definition) is 1. The quantitative estimate of drug-likeness (QED) is 0.569. The third-order valence-electron chi connectivity index (χ3n) is 2.38. The smallest absolute Gasteiger partial charge is 0.0622 e. The molecule has 0 saturated carbocycles. The van der Waals surface area contributed by atoms with Gasteiger partial charge in [0.15, 0.2) is 0 Å². The minimum absolute atomic E-state index is 0.186. The molecule has 2 rings (SSSR count). The van der Waals surface area contributed by atoms with E-state index < -0.39 is 0 Å². The number of nitrogens with one attached hydrogen (secondary N) is 1. The molecule has 70 valence electrons. The summed E-state index contributed by atoms with van der Waals surface area (Å²) in [5, 5.41) is 3.56. The summed E-state index contributed by atoms with van der Waals surface area (Å²) in [6.45, 7) is 3.11. The molecule has 1 atom stereocenters. The average Bonchev–Trinajstić information content (AvgIpc) is 2.09. The van der Waals surface area contributed by atoms with Gasteiger partial charge < -0.3 is 5.32 Å². The Morgan fingerprint density at radius 3 is 3.08 bits per heavy atom. The van der Waals surface area contributed by atoms with Gasteiger partial charge in [-0.2, -0.15) is 0 Å².